The molecular weight excluding hydrogens is 402 g/mol. The van der Waals surface area contributed by atoms with Crippen LogP contribution in [0, 0.1) is 11.8 Å². The van der Waals surface area contributed by atoms with Gasteiger partial charge in [-0.2, -0.15) is 61.5 Å². The lowest BCUT2D eigenvalue weighted by Gasteiger charge is -2.55. The average molecular weight is 404 g/mol. The molecule has 0 bridgehead atoms. The summed E-state index contributed by atoms with van der Waals surface area (Å²) in [6.45, 7) is 0. The molecule has 2 aliphatic carbocycles. The zero-order chi connectivity index (χ0) is 20.2. The van der Waals surface area contributed by atoms with Crippen LogP contribution in [-0.4, -0.2) is 47.2 Å². The summed E-state index contributed by atoms with van der Waals surface area (Å²) in [5.74, 6) is -64.3. The van der Waals surface area contributed by atoms with E-state index in [0.29, 0.717) is 0 Å². The molecule has 0 N–H and O–H groups in total. The number of hydrogen-bond donors (Lipinski definition) is 0. The van der Waals surface area contributed by atoms with Crippen molar-refractivity contribution in [3.63, 3.8) is 0 Å². The number of halogens is 14. The highest BCUT2D eigenvalue weighted by molar-refractivity contribution is 5.92. The Morgan fingerprint density at radius 1 is 0.520 bits per heavy atom. The van der Waals surface area contributed by atoms with Crippen LogP contribution < -0.4 is 0 Å². The minimum Gasteiger partial charge on any atom is -0.292 e. The Balaban J connectivity index is 2.92. The lowest BCUT2D eigenvalue weighted by molar-refractivity contribution is -0.460. The van der Waals surface area contributed by atoms with E-state index in [1.807, 2.05) is 0 Å². The van der Waals surface area contributed by atoms with E-state index in [2.05, 4.69) is 0 Å². The van der Waals surface area contributed by atoms with E-state index in [0.717, 1.165) is 0 Å². The van der Waals surface area contributed by atoms with Gasteiger partial charge in [-0.25, -0.2) is 0 Å². The average Bonchev–Trinajstić information content (AvgIpc) is 2.39. The van der Waals surface area contributed by atoms with Crippen LogP contribution in [0.2, 0.25) is 0 Å². The predicted molar refractivity (Wildman–Crippen MR) is 46.6 cm³/mol. The summed E-state index contributed by atoms with van der Waals surface area (Å²) in [6, 6.07) is 0. The first-order chi connectivity index (χ1) is 10.6. The number of carbonyl (C=O) groups is 1. The number of alkyl halides is 14. The van der Waals surface area contributed by atoms with Gasteiger partial charge < -0.3 is 0 Å². The second-order valence-electron chi connectivity index (χ2n) is 5.49. The SMILES string of the molecule is O=C1C2C(C(F)(F)C(F)(F)C1(F)F)C(F)(F)C(F)(F)C(F)(F)C2(F)F. The Kier molecular flexibility index (Phi) is 3.46. The molecule has 0 aliphatic heterocycles. The maximum atomic E-state index is 13.5. The molecule has 0 radical (unpaired) electrons. The third kappa shape index (κ3) is 1.70. The fraction of sp³-hybridized carbons (Fsp3) is 0.900. The fourth-order valence-electron chi connectivity index (χ4n) is 2.74. The zero-order valence-electron chi connectivity index (χ0n) is 10.9. The molecule has 0 aromatic heterocycles. The standard InChI is InChI=1S/C10H2F14O/c11-4(12)1-2(6(15,16)10(23,24)9(4,21)22)5(13,14)8(19,20)7(17,18)3(1)25/h1-2H. The first-order valence-corrected chi connectivity index (χ1v) is 5.84. The van der Waals surface area contributed by atoms with Gasteiger partial charge in [-0.1, -0.05) is 0 Å². The molecule has 2 rings (SSSR count). The molecule has 2 atom stereocenters. The molecule has 2 unspecified atom stereocenters. The van der Waals surface area contributed by atoms with Crippen molar-refractivity contribution >= 4 is 5.78 Å². The summed E-state index contributed by atoms with van der Waals surface area (Å²) in [5.41, 5.74) is 0. The van der Waals surface area contributed by atoms with Crippen molar-refractivity contribution in [1.82, 2.24) is 0 Å². The van der Waals surface area contributed by atoms with Crippen LogP contribution in [0.3, 0.4) is 0 Å². The van der Waals surface area contributed by atoms with Crippen LogP contribution in [0.15, 0.2) is 0 Å². The maximum Gasteiger partial charge on any atom is 0.379 e. The number of ketones is 1. The van der Waals surface area contributed by atoms with Crippen LogP contribution in [0.25, 0.3) is 0 Å². The first-order valence-electron chi connectivity index (χ1n) is 5.84. The Morgan fingerprint density at radius 3 is 1.24 bits per heavy atom. The molecule has 1 nitrogen and oxygen atoms in total. The minimum absolute atomic E-state index is 4.12. The summed E-state index contributed by atoms with van der Waals surface area (Å²) in [6.07, 6.45) is 0. The second kappa shape index (κ2) is 4.32. The Hall–Kier alpha value is -1.31. The van der Waals surface area contributed by atoms with Crippen LogP contribution in [0.1, 0.15) is 0 Å². The van der Waals surface area contributed by atoms with Crippen LogP contribution >= 0.6 is 0 Å². The van der Waals surface area contributed by atoms with Crippen molar-refractivity contribution in [2.45, 2.75) is 41.5 Å². The normalized spacial score (nSPS) is 38.7. The number of Topliss-reactive ketones (excluding diaryl/α,β-unsaturated/α-hetero) is 1. The molecular formula is C10H2F14O. The van der Waals surface area contributed by atoms with Gasteiger partial charge in [0.15, 0.2) is 0 Å². The van der Waals surface area contributed by atoms with Gasteiger partial charge in [0.2, 0.25) is 5.78 Å². The topological polar surface area (TPSA) is 17.1 Å². The molecule has 0 saturated heterocycles. The molecule has 0 amide bonds. The highest BCUT2D eigenvalue weighted by Gasteiger charge is 2.98. The minimum atomic E-state index is -7.35. The van der Waals surface area contributed by atoms with Crippen molar-refractivity contribution in [2.75, 3.05) is 0 Å². The smallest absolute Gasteiger partial charge is 0.292 e. The van der Waals surface area contributed by atoms with Crippen molar-refractivity contribution in [2.24, 2.45) is 11.8 Å². The number of hydrogen-bond acceptors (Lipinski definition) is 1. The fourth-order valence-corrected chi connectivity index (χ4v) is 2.74. The van der Waals surface area contributed by atoms with Gasteiger partial charge in [0.05, 0.1) is 0 Å². The molecule has 2 fully saturated rings. The quantitative estimate of drug-likeness (QED) is 0.552. The molecule has 2 aliphatic rings. The summed E-state index contributed by atoms with van der Waals surface area (Å²) < 4.78 is 185. The van der Waals surface area contributed by atoms with Crippen molar-refractivity contribution in [1.29, 1.82) is 0 Å². The van der Waals surface area contributed by atoms with Gasteiger partial charge in [-0.3, -0.25) is 4.79 Å². The number of carbonyl (C=O) groups excluding carboxylic acids is 1. The molecule has 0 spiro atoms. The maximum absolute atomic E-state index is 13.5. The summed E-state index contributed by atoms with van der Waals surface area (Å²) in [4.78, 5) is 11.0. The van der Waals surface area contributed by atoms with Crippen molar-refractivity contribution in [3.8, 4) is 0 Å². The van der Waals surface area contributed by atoms with E-state index in [-0.39, 0.29) is 0 Å². The largest absolute Gasteiger partial charge is 0.379 e. The number of fused-ring (bicyclic) bond motifs is 1. The van der Waals surface area contributed by atoms with E-state index in [9.17, 15) is 66.3 Å². The van der Waals surface area contributed by atoms with Gasteiger partial charge >= 0.3 is 41.5 Å². The number of rotatable bonds is 0. The summed E-state index contributed by atoms with van der Waals surface area (Å²) in [5, 5.41) is 0. The predicted octanol–water partition coefficient (Wildman–Crippen LogP) is 4.26. The van der Waals surface area contributed by atoms with Gasteiger partial charge in [-0.05, 0) is 0 Å². The third-order valence-corrected chi connectivity index (χ3v) is 4.14. The lowest BCUT2D eigenvalue weighted by atomic mass is 9.59. The molecule has 0 heterocycles. The molecule has 0 aromatic carbocycles. The molecule has 15 heteroatoms. The monoisotopic (exact) mass is 404 g/mol. The molecule has 146 valence electrons. The molecule has 0 aromatic rings. The second-order valence-corrected chi connectivity index (χ2v) is 5.49. The Morgan fingerprint density at radius 2 is 0.840 bits per heavy atom. The lowest BCUT2D eigenvalue weighted by Crippen LogP contribution is -2.83. The summed E-state index contributed by atoms with van der Waals surface area (Å²) >= 11 is 0. The van der Waals surface area contributed by atoms with Crippen LogP contribution in [0.5, 0.6) is 0 Å². The Labute approximate surface area is 126 Å². The highest BCUT2D eigenvalue weighted by atomic mass is 19.4. The van der Waals surface area contributed by atoms with E-state index >= 15 is 0 Å². The molecule has 2 saturated carbocycles. The van der Waals surface area contributed by atoms with E-state index in [4.69, 9.17) is 0 Å². The third-order valence-electron chi connectivity index (χ3n) is 4.14. The Bertz CT molecular complexity index is 611. The van der Waals surface area contributed by atoms with E-state index in [1.165, 1.54) is 0 Å². The summed E-state index contributed by atoms with van der Waals surface area (Å²) in [7, 11) is 0. The van der Waals surface area contributed by atoms with Crippen LogP contribution in [0.4, 0.5) is 61.5 Å². The van der Waals surface area contributed by atoms with Crippen molar-refractivity contribution < 1.29 is 66.3 Å². The first kappa shape index (κ1) is 20.0. The van der Waals surface area contributed by atoms with Gasteiger partial charge in [0.25, 0.3) is 0 Å². The van der Waals surface area contributed by atoms with E-state index in [1.54, 1.807) is 0 Å². The van der Waals surface area contributed by atoms with E-state index < -0.39 is 59.1 Å². The van der Waals surface area contributed by atoms with Gasteiger partial charge in [-0.15, -0.1) is 0 Å². The van der Waals surface area contributed by atoms with Crippen LogP contribution in [-0.2, 0) is 4.79 Å². The van der Waals surface area contributed by atoms with Crippen molar-refractivity contribution in [3.05, 3.63) is 0 Å². The van der Waals surface area contributed by atoms with Gasteiger partial charge in [0.1, 0.15) is 11.8 Å². The molecule has 25 heavy (non-hydrogen) atoms. The van der Waals surface area contributed by atoms with Gasteiger partial charge in [0, 0.05) is 0 Å². The zero-order valence-corrected chi connectivity index (χ0v) is 10.9. The highest BCUT2D eigenvalue weighted by Crippen LogP contribution is 2.71.